The quantitative estimate of drug-likeness (QED) is 0.840. The average Bonchev–Trinajstić information content (AvgIpc) is 3.02. The second-order valence-corrected chi connectivity index (χ2v) is 5.86. The second kappa shape index (κ2) is 7.43. The predicted octanol–water partition coefficient (Wildman–Crippen LogP) is 1.04. The van der Waals surface area contributed by atoms with Crippen molar-refractivity contribution in [1.82, 2.24) is 14.9 Å². The van der Waals surface area contributed by atoms with Crippen LogP contribution in [0.15, 0.2) is 42.7 Å². The number of hydrogen-bond donors (Lipinski definition) is 1. The SMILES string of the molecule is O=C(COc1ncccn1)N1CCC(O)(COc2cccc(F)c2)C1. The Morgan fingerprint density at radius 1 is 1.28 bits per heavy atom. The summed E-state index contributed by atoms with van der Waals surface area (Å²) in [6.07, 6.45) is 3.41. The third kappa shape index (κ3) is 4.63. The molecule has 2 aromatic rings. The Kier molecular flexibility index (Phi) is 5.08. The monoisotopic (exact) mass is 347 g/mol. The standard InChI is InChI=1S/C17H18FN3O4/c18-13-3-1-4-14(9-13)25-12-17(23)5-8-21(11-17)15(22)10-24-16-19-6-2-7-20-16/h1-4,6-7,9,23H,5,8,10-12H2. The van der Waals surface area contributed by atoms with Gasteiger partial charge in [-0.2, -0.15) is 0 Å². The van der Waals surface area contributed by atoms with Gasteiger partial charge >= 0.3 is 6.01 Å². The molecule has 2 heterocycles. The van der Waals surface area contributed by atoms with Crippen molar-refractivity contribution in [3.8, 4) is 11.8 Å². The summed E-state index contributed by atoms with van der Waals surface area (Å²) in [5.41, 5.74) is -1.18. The lowest BCUT2D eigenvalue weighted by Gasteiger charge is -2.23. The molecule has 1 aliphatic heterocycles. The van der Waals surface area contributed by atoms with Gasteiger partial charge in [-0.05, 0) is 24.6 Å². The van der Waals surface area contributed by atoms with Crippen LogP contribution in [-0.4, -0.2) is 57.8 Å². The van der Waals surface area contributed by atoms with Crippen LogP contribution in [0.2, 0.25) is 0 Å². The van der Waals surface area contributed by atoms with Gasteiger partial charge < -0.3 is 19.5 Å². The molecule has 1 unspecified atom stereocenters. The number of aliphatic hydroxyl groups is 1. The fraction of sp³-hybridized carbons (Fsp3) is 0.353. The van der Waals surface area contributed by atoms with Crippen LogP contribution < -0.4 is 9.47 Å². The summed E-state index contributed by atoms with van der Waals surface area (Å²) < 4.78 is 23.8. The maximum atomic E-state index is 13.1. The van der Waals surface area contributed by atoms with Gasteiger partial charge in [0.1, 0.15) is 23.8 Å². The molecule has 0 aliphatic carbocycles. The summed E-state index contributed by atoms with van der Waals surface area (Å²) in [5, 5.41) is 10.5. The molecule has 3 rings (SSSR count). The Morgan fingerprint density at radius 3 is 2.84 bits per heavy atom. The highest BCUT2D eigenvalue weighted by molar-refractivity contribution is 5.78. The zero-order valence-electron chi connectivity index (χ0n) is 13.5. The zero-order valence-corrected chi connectivity index (χ0v) is 13.5. The summed E-state index contributed by atoms with van der Waals surface area (Å²) in [7, 11) is 0. The third-order valence-electron chi connectivity index (χ3n) is 3.86. The van der Waals surface area contributed by atoms with Crippen LogP contribution in [0.25, 0.3) is 0 Å². The molecule has 132 valence electrons. The molecule has 25 heavy (non-hydrogen) atoms. The first-order chi connectivity index (χ1) is 12.0. The summed E-state index contributed by atoms with van der Waals surface area (Å²) in [6.45, 7) is 0.286. The van der Waals surface area contributed by atoms with Gasteiger partial charge in [-0.3, -0.25) is 4.79 Å². The van der Waals surface area contributed by atoms with Gasteiger partial charge in [0.05, 0.1) is 6.54 Å². The molecule has 0 radical (unpaired) electrons. The fourth-order valence-corrected chi connectivity index (χ4v) is 2.54. The lowest BCUT2D eigenvalue weighted by molar-refractivity contribution is -0.133. The van der Waals surface area contributed by atoms with E-state index in [4.69, 9.17) is 9.47 Å². The molecule has 8 heteroatoms. The van der Waals surface area contributed by atoms with Gasteiger partial charge in [0, 0.05) is 25.0 Å². The van der Waals surface area contributed by atoms with E-state index >= 15 is 0 Å². The number of β-amino-alcohol motifs (C(OH)–C–C–N with tert-alkyl or cyclic N) is 1. The summed E-state index contributed by atoms with van der Waals surface area (Å²) in [4.78, 5) is 21.4. The number of halogens is 1. The normalized spacial score (nSPS) is 19.7. The molecular weight excluding hydrogens is 329 g/mol. The number of carbonyl (C=O) groups excluding carboxylic acids is 1. The van der Waals surface area contributed by atoms with Gasteiger partial charge in [-0.1, -0.05) is 6.07 Å². The van der Waals surface area contributed by atoms with Crippen LogP contribution >= 0.6 is 0 Å². The van der Waals surface area contributed by atoms with Crippen LogP contribution in [0.4, 0.5) is 4.39 Å². The van der Waals surface area contributed by atoms with Crippen LogP contribution in [0, 0.1) is 5.82 Å². The molecule has 1 atom stereocenters. The smallest absolute Gasteiger partial charge is 0.316 e. The number of carbonyl (C=O) groups is 1. The predicted molar refractivity (Wildman–Crippen MR) is 85.6 cm³/mol. The van der Waals surface area contributed by atoms with Crippen molar-refractivity contribution in [2.45, 2.75) is 12.0 Å². The highest BCUT2D eigenvalue weighted by atomic mass is 19.1. The maximum Gasteiger partial charge on any atom is 0.316 e. The first-order valence-electron chi connectivity index (χ1n) is 7.82. The number of likely N-dealkylation sites (tertiary alicyclic amines) is 1. The van der Waals surface area contributed by atoms with E-state index < -0.39 is 11.4 Å². The van der Waals surface area contributed by atoms with E-state index in [1.165, 1.54) is 35.5 Å². The lowest BCUT2D eigenvalue weighted by atomic mass is 10.1. The minimum atomic E-state index is -1.18. The molecule has 1 aromatic heterocycles. The Bertz CT molecular complexity index is 731. The van der Waals surface area contributed by atoms with Crippen LogP contribution in [0.1, 0.15) is 6.42 Å². The van der Waals surface area contributed by atoms with E-state index in [1.807, 2.05) is 0 Å². The van der Waals surface area contributed by atoms with Gasteiger partial charge in [-0.25, -0.2) is 14.4 Å². The van der Waals surface area contributed by atoms with Gasteiger partial charge in [0.2, 0.25) is 0 Å². The van der Waals surface area contributed by atoms with Crippen LogP contribution in [-0.2, 0) is 4.79 Å². The summed E-state index contributed by atoms with van der Waals surface area (Å²) >= 11 is 0. The van der Waals surface area contributed by atoms with E-state index in [0.717, 1.165) is 0 Å². The molecule has 1 saturated heterocycles. The molecule has 1 aromatic carbocycles. The third-order valence-corrected chi connectivity index (χ3v) is 3.86. The second-order valence-electron chi connectivity index (χ2n) is 5.86. The molecule has 7 nitrogen and oxygen atoms in total. The van der Waals surface area contributed by atoms with Crippen molar-refractivity contribution in [3.05, 3.63) is 48.5 Å². The van der Waals surface area contributed by atoms with E-state index in [1.54, 1.807) is 12.1 Å². The maximum absolute atomic E-state index is 13.1. The molecule has 0 saturated carbocycles. The molecule has 0 bridgehead atoms. The van der Waals surface area contributed by atoms with Gasteiger partial charge in [0.15, 0.2) is 6.61 Å². The van der Waals surface area contributed by atoms with Crippen molar-refractivity contribution >= 4 is 5.91 Å². The van der Waals surface area contributed by atoms with E-state index in [-0.39, 0.29) is 31.7 Å². The topological polar surface area (TPSA) is 84.8 Å². The largest absolute Gasteiger partial charge is 0.490 e. The highest BCUT2D eigenvalue weighted by Crippen LogP contribution is 2.23. The number of ether oxygens (including phenoxy) is 2. The minimum Gasteiger partial charge on any atom is -0.490 e. The fourth-order valence-electron chi connectivity index (χ4n) is 2.54. The number of nitrogens with zero attached hydrogens (tertiary/aromatic N) is 3. The van der Waals surface area contributed by atoms with Crippen molar-refractivity contribution in [2.75, 3.05) is 26.3 Å². The highest BCUT2D eigenvalue weighted by Gasteiger charge is 2.39. The zero-order chi connectivity index (χ0) is 17.7. The molecule has 1 fully saturated rings. The lowest BCUT2D eigenvalue weighted by Crippen LogP contribution is -2.41. The number of hydrogen-bond acceptors (Lipinski definition) is 6. The van der Waals surface area contributed by atoms with Crippen molar-refractivity contribution in [2.24, 2.45) is 0 Å². The van der Waals surface area contributed by atoms with Gasteiger partial charge in [0.25, 0.3) is 5.91 Å². The van der Waals surface area contributed by atoms with E-state index in [0.29, 0.717) is 18.7 Å². The average molecular weight is 347 g/mol. The Hall–Kier alpha value is -2.74. The first-order valence-corrected chi connectivity index (χ1v) is 7.82. The number of amides is 1. The van der Waals surface area contributed by atoms with E-state index in [2.05, 4.69) is 9.97 Å². The van der Waals surface area contributed by atoms with Crippen molar-refractivity contribution in [1.29, 1.82) is 0 Å². The van der Waals surface area contributed by atoms with Crippen LogP contribution in [0.3, 0.4) is 0 Å². The number of rotatable bonds is 6. The Balaban J connectivity index is 1.49. The number of aromatic nitrogens is 2. The van der Waals surface area contributed by atoms with Crippen molar-refractivity contribution in [3.63, 3.8) is 0 Å². The van der Waals surface area contributed by atoms with Gasteiger partial charge in [-0.15, -0.1) is 0 Å². The molecule has 1 amide bonds. The minimum absolute atomic E-state index is 0.0249. The summed E-state index contributed by atoms with van der Waals surface area (Å²) in [5.74, 6) is -0.343. The molecule has 0 spiro atoms. The molecule has 1 aliphatic rings. The molecular formula is C17H18FN3O4. The first kappa shape index (κ1) is 17.1. The molecule has 1 N–H and O–H groups in total. The number of benzene rings is 1. The Labute approximate surface area is 144 Å². The summed E-state index contributed by atoms with van der Waals surface area (Å²) in [6, 6.07) is 7.47. The van der Waals surface area contributed by atoms with E-state index in [9.17, 15) is 14.3 Å². The van der Waals surface area contributed by atoms with Crippen LogP contribution in [0.5, 0.6) is 11.8 Å². The van der Waals surface area contributed by atoms with Crippen molar-refractivity contribution < 1.29 is 23.8 Å². The Morgan fingerprint density at radius 2 is 2.08 bits per heavy atom.